The first-order valence-electron chi connectivity index (χ1n) is 6.97. The van der Waals surface area contributed by atoms with Crippen molar-refractivity contribution in [2.24, 2.45) is 5.92 Å². The number of amides is 1. The topological polar surface area (TPSA) is 64.0 Å². The van der Waals surface area contributed by atoms with Gasteiger partial charge in [0.25, 0.3) is 5.56 Å². The highest BCUT2D eigenvalue weighted by Gasteiger charge is 2.20. The second-order valence-corrected chi connectivity index (χ2v) is 5.20. The summed E-state index contributed by atoms with van der Waals surface area (Å²) in [5, 5.41) is 2.92. The van der Waals surface area contributed by atoms with E-state index in [1.54, 1.807) is 13.1 Å². The summed E-state index contributed by atoms with van der Waals surface area (Å²) in [4.78, 5) is 27.7. The Labute approximate surface area is 113 Å². The van der Waals surface area contributed by atoms with Gasteiger partial charge in [0.15, 0.2) is 0 Å². The number of hydrogen-bond donors (Lipinski definition) is 1. The van der Waals surface area contributed by atoms with Gasteiger partial charge >= 0.3 is 0 Å². The molecular weight excluding hydrogens is 242 g/mol. The molecule has 0 spiro atoms. The highest BCUT2D eigenvalue weighted by Crippen LogP contribution is 2.23. The minimum absolute atomic E-state index is 0.0399. The average Bonchev–Trinajstić information content (AvgIpc) is 2.44. The molecule has 1 heterocycles. The van der Waals surface area contributed by atoms with Crippen LogP contribution in [0.2, 0.25) is 0 Å². The third-order valence-electron chi connectivity index (χ3n) is 3.70. The lowest BCUT2D eigenvalue weighted by atomic mass is 9.89. The van der Waals surface area contributed by atoms with Gasteiger partial charge in [-0.25, -0.2) is 4.98 Å². The zero-order valence-corrected chi connectivity index (χ0v) is 11.4. The number of aromatic nitrogens is 2. The van der Waals surface area contributed by atoms with E-state index in [4.69, 9.17) is 0 Å². The minimum atomic E-state index is -0.0399. The predicted molar refractivity (Wildman–Crippen MR) is 72.8 cm³/mol. The van der Waals surface area contributed by atoms with Gasteiger partial charge < -0.3 is 5.32 Å². The van der Waals surface area contributed by atoms with Crippen LogP contribution in [0.5, 0.6) is 0 Å². The quantitative estimate of drug-likeness (QED) is 0.889. The van der Waals surface area contributed by atoms with Crippen LogP contribution in [0.25, 0.3) is 0 Å². The van der Waals surface area contributed by atoms with Gasteiger partial charge in [0.2, 0.25) is 5.91 Å². The van der Waals surface area contributed by atoms with Crippen molar-refractivity contribution in [1.82, 2.24) is 14.9 Å². The summed E-state index contributed by atoms with van der Waals surface area (Å²) in [5.74, 6) is 0.300. The molecule has 0 bridgehead atoms. The van der Waals surface area contributed by atoms with Crippen LogP contribution in [-0.4, -0.2) is 22.0 Å². The lowest BCUT2D eigenvalue weighted by molar-refractivity contribution is -0.125. The van der Waals surface area contributed by atoms with Crippen molar-refractivity contribution < 1.29 is 4.79 Å². The molecular formula is C14H21N3O2. The summed E-state index contributed by atoms with van der Waals surface area (Å²) in [7, 11) is 0. The van der Waals surface area contributed by atoms with E-state index in [0.717, 1.165) is 25.7 Å². The van der Waals surface area contributed by atoms with Crippen molar-refractivity contribution in [3.05, 3.63) is 28.4 Å². The molecule has 1 aliphatic rings. The Bertz CT molecular complexity index is 490. The van der Waals surface area contributed by atoms with Crippen LogP contribution in [0.4, 0.5) is 0 Å². The maximum absolute atomic E-state index is 11.9. The van der Waals surface area contributed by atoms with Crippen molar-refractivity contribution in [3.63, 3.8) is 0 Å². The second-order valence-electron chi connectivity index (χ2n) is 5.20. The predicted octanol–water partition coefficient (Wildman–Crippen LogP) is 1.25. The summed E-state index contributed by atoms with van der Waals surface area (Å²) >= 11 is 0. The smallest absolute Gasteiger partial charge is 0.256 e. The standard InChI is InChI=1S/C14H21N3O2/c1-11-9-15-10-17(14(11)19)8-7-16-13(18)12-5-3-2-4-6-12/h9-10,12H,2-8H2,1H3,(H,16,18). The average molecular weight is 263 g/mol. The van der Waals surface area contributed by atoms with Crippen LogP contribution in [0.1, 0.15) is 37.7 Å². The fraction of sp³-hybridized carbons (Fsp3) is 0.643. The van der Waals surface area contributed by atoms with Gasteiger partial charge in [-0.3, -0.25) is 14.2 Å². The fourth-order valence-electron chi connectivity index (χ4n) is 2.53. The van der Waals surface area contributed by atoms with Crippen LogP contribution in [0.15, 0.2) is 17.3 Å². The summed E-state index contributed by atoms with van der Waals surface area (Å²) in [6.07, 6.45) is 8.62. The van der Waals surface area contributed by atoms with Crippen LogP contribution in [-0.2, 0) is 11.3 Å². The molecule has 0 aliphatic heterocycles. The molecule has 104 valence electrons. The zero-order chi connectivity index (χ0) is 13.7. The second kappa shape index (κ2) is 6.50. The number of hydrogen-bond acceptors (Lipinski definition) is 3. The van der Waals surface area contributed by atoms with Crippen molar-refractivity contribution in [3.8, 4) is 0 Å². The van der Waals surface area contributed by atoms with Crippen LogP contribution in [0, 0.1) is 12.8 Å². The van der Waals surface area contributed by atoms with Crippen LogP contribution < -0.4 is 10.9 Å². The molecule has 2 rings (SSSR count). The Kier molecular flexibility index (Phi) is 4.71. The lowest BCUT2D eigenvalue weighted by Crippen LogP contribution is -2.35. The first-order valence-corrected chi connectivity index (χ1v) is 6.97. The number of rotatable bonds is 4. The molecule has 19 heavy (non-hydrogen) atoms. The molecule has 5 nitrogen and oxygen atoms in total. The van der Waals surface area contributed by atoms with Crippen molar-refractivity contribution in [1.29, 1.82) is 0 Å². The van der Waals surface area contributed by atoms with Gasteiger partial charge in [-0.2, -0.15) is 0 Å². The van der Waals surface area contributed by atoms with E-state index in [0.29, 0.717) is 18.7 Å². The summed E-state index contributed by atoms with van der Waals surface area (Å²) in [6, 6.07) is 0. The molecule has 1 N–H and O–H groups in total. The molecule has 1 aromatic rings. The number of nitrogens with zero attached hydrogens (tertiary/aromatic N) is 2. The molecule has 5 heteroatoms. The molecule has 1 aliphatic carbocycles. The van der Waals surface area contributed by atoms with Gasteiger partial charge in [0.1, 0.15) is 0 Å². The van der Waals surface area contributed by atoms with Gasteiger partial charge in [0.05, 0.1) is 6.33 Å². The van der Waals surface area contributed by atoms with Crippen LogP contribution in [0.3, 0.4) is 0 Å². The van der Waals surface area contributed by atoms with E-state index < -0.39 is 0 Å². The first-order chi connectivity index (χ1) is 9.18. The van der Waals surface area contributed by atoms with Gasteiger partial charge in [-0.1, -0.05) is 19.3 Å². The van der Waals surface area contributed by atoms with E-state index in [-0.39, 0.29) is 17.4 Å². The Morgan fingerprint density at radius 3 is 2.89 bits per heavy atom. The van der Waals surface area contributed by atoms with Crippen LogP contribution >= 0.6 is 0 Å². The fourth-order valence-corrected chi connectivity index (χ4v) is 2.53. The number of carbonyl (C=O) groups is 1. The Morgan fingerprint density at radius 1 is 1.42 bits per heavy atom. The van der Waals surface area contributed by atoms with E-state index in [2.05, 4.69) is 10.3 Å². The van der Waals surface area contributed by atoms with Gasteiger partial charge in [-0.05, 0) is 19.8 Å². The summed E-state index contributed by atoms with van der Waals surface area (Å²) < 4.78 is 1.54. The SMILES string of the molecule is Cc1cncn(CCNC(=O)C2CCCCC2)c1=O. The molecule has 0 atom stereocenters. The maximum Gasteiger partial charge on any atom is 0.256 e. The Balaban J connectivity index is 1.81. The minimum Gasteiger partial charge on any atom is -0.354 e. The molecule has 1 amide bonds. The molecule has 1 saturated carbocycles. The molecule has 0 radical (unpaired) electrons. The van der Waals surface area contributed by atoms with Gasteiger partial charge in [-0.15, -0.1) is 0 Å². The molecule has 0 unspecified atom stereocenters. The highest BCUT2D eigenvalue weighted by molar-refractivity contribution is 5.78. The summed E-state index contributed by atoms with van der Waals surface area (Å²) in [5.41, 5.74) is 0.586. The first kappa shape index (κ1) is 13.8. The number of carbonyl (C=O) groups excluding carboxylic acids is 1. The van der Waals surface area contributed by atoms with Crippen molar-refractivity contribution in [2.45, 2.75) is 45.6 Å². The van der Waals surface area contributed by atoms with Crippen molar-refractivity contribution in [2.75, 3.05) is 6.54 Å². The summed E-state index contributed by atoms with van der Waals surface area (Å²) in [6.45, 7) is 2.71. The van der Waals surface area contributed by atoms with Crippen molar-refractivity contribution >= 4 is 5.91 Å². The molecule has 1 fully saturated rings. The molecule has 0 saturated heterocycles. The maximum atomic E-state index is 11.9. The third kappa shape index (κ3) is 3.66. The largest absolute Gasteiger partial charge is 0.354 e. The van der Waals surface area contributed by atoms with E-state index in [9.17, 15) is 9.59 Å². The number of aryl methyl sites for hydroxylation is 1. The normalized spacial score (nSPS) is 16.3. The lowest BCUT2D eigenvalue weighted by Gasteiger charge is -2.20. The monoisotopic (exact) mass is 263 g/mol. The zero-order valence-electron chi connectivity index (χ0n) is 11.4. The van der Waals surface area contributed by atoms with Gasteiger partial charge in [0, 0.05) is 30.8 Å². The molecule has 1 aromatic heterocycles. The van der Waals surface area contributed by atoms with E-state index >= 15 is 0 Å². The Morgan fingerprint density at radius 2 is 2.16 bits per heavy atom. The van der Waals surface area contributed by atoms with E-state index in [1.807, 2.05) is 0 Å². The highest BCUT2D eigenvalue weighted by atomic mass is 16.2. The van der Waals surface area contributed by atoms with E-state index in [1.165, 1.54) is 17.3 Å². The molecule has 0 aromatic carbocycles. The Hall–Kier alpha value is -1.65. The number of nitrogens with one attached hydrogen (secondary N) is 1. The third-order valence-corrected chi connectivity index (χ3v) is 3.70.